The predicted octanol–water partition coefficient (Wildman–Crippen LogP) is 4.97. The van der Waals surface area contributed by atoms with Crippen LogP contribution in [0.15, 0.2) is 24.3 Å². The molecule has 0 aromatic rings. The van der Waals surface area contributed by atoms with Gasteiger partial charge in [-0.3, -0.25) is 23.7 Å². The highest BCUT2D eigenvalue weighted by molar-refractivity contribution is 7.46. The number of phosphoric acid groups is 1. The molecule has 12 atom stereocenters. The number of phosphoric ester groups is 1. The fraction of sp³-hybridized carbons (Fsp3) is 0.758. The van der Waals surface area contributed by atoms with Crippen molar-refractivity contribution >= 4 is 31.8 Å². The van der Waals surface area contributed by atoms with Gasteiger partial charge in [-0.15, -0.1) is 0 Å². The molecule has 11 heteroatoms. The number of fused-ring (bicyclic) bond motifs is 2. The summed E-state index contributed by atoms with van der Waals surface area (Å²) in [6.45, 7) is 15.1. The molecule has 5 rings (SSSR count). The molecule has 0 saturated heterocycles. The van der Waals surface area contributed by atoms with Gasteiger partial charge in [-0.05, 0) is 83.7 Å². The van der Waals surface area contributed by atoms with E-state index in [0.29, 0.717) is 18.3 Å². The van der Waals surface area contributed by atoms with Crippen LogP contribution in [0.3, 0.4) is 0 Å². The molecule has 2 spiro atoms. The molecule has 0 aliphatic heterocycles. The van der Waals surface area contributed by atoms with Crippen molar-refractivity contribution in [3.63, 3.8) is 0 Å². The average molecular weight is 635 g/mol. The lowest BCUT2D eigenvalue weighted by Crippen LogP contribution is -2.56. The summed E-state index contributed by atoms with van der Waals surface area (Å²) in [6.07, 6.45) is 7.74. The smallest absolute Gasteiger partial charge is 0.462 e. The van der Waals surface area contributed by atoms with Gasteiger partial charge >= 0.3 is 13.8 Å². The van der Waals surface area contributed by atoms with Crippen molar-refractivity contribution in [2.24, 2.45) is 57.2 Å². The second kappa shape index (κ2) is 11.0. The third kappa shape index (κ3) is 4.81. The molecule has 10 nitrogen and oxygen atoms in total. The third-order valence-corrected chi connectivity index (χ3v) is 13.7. The van der Waals surface area contributed by atoms with Gasteiger partial charge in [-0.25, -0.2) is 4.57 Å². The molecular weight excluding hydrogens is 587 g/mol. The first-order valence-corrected chi connectivity index (χ1v) is 17.3. The largest absolute Gasteiger partial charge is 0.469 e. The number of ketones is 2. The van der Waals surface area contributed by atoms with Crippen molar-refractivity contribution in [3.05, 3.63) is 24.3 Å². The van der Waals surface area contributed by atoms with Crippen LogP contribution in [0.4, 0.5) is 0 Å². The number of rotatable bonds is 11. The van der Waals surface area contributed by atoms with Crippen molar-refractivity contribution in [3.8, 4) is 0 Å². The lowest BCUT2D eigenvalue weighted by Gasteiger charge is -2.61. The Balaban J connectivity index is 1.47. The summed E-state index contributed by atoms with van der Waals surface area (Å²) in [5.41, 5.74) is -0.462. The van der Waals surface area contributed by atoms with Crippen molar-refractivity contribution in [2.45, 2.75) is 92.3 Å². The molecule has 0 radical (unpaired) electrons. The maximum Gasteiger partial charge on any atom is 0.469 e. The van der Waals surface area contributed by atoms with E-state index in [1.54, 1.807) is 13.0 Å². The fourth-order valence-electron chi connectivity index (χ4n) is 11.1. The summed E-state index contributed by atoms with van der Waals surface area (Å²) in [5.74, 6) is -1.66. The molecule has 0 aromatic carbocycles. The molecule has 5 aliphatic carbocycles. The van der Waals surface area contributed by atoms with E-state index < -0.39 is 50.2 Å². The zero-order chi connectivity index (χ0) is 32.6. The highest BCUT2D eigenvalue weighted by atomic mass is 31.2. The summed E-state index contributed by atoms with van der Waals surface area (Å²) in [6, 6.07) is 0. The summed E-state index contributed by atoms with van der Waals surface area (Å²) in [7, 11) is -4.76. The molecule has 2 N–H and O–H groups in total. The van der Waals surface area contributed by atoms with E-state index >= 15 is 0 Å². The number of carbonyl (C=O) groups is 4. The topological polar surface area (TPSA) is 154 Å². The number of carbonyl (C=O) groups excluding carboxylic acids is 4. The molecule has 4 saturated carbocycles. The Morgan fingerprint density at radius 2 is 1.86 bits per heavy atom. The monoisotopic (exact) mass is 634 g/mol. The summed E-state index contributed by atoms with van der Waals surface area (Å²) < 4.78 is 27.3. The van der Waals surface area contributed by atoms with E-state index in [2.05, 4.69) is 37.9 Å². The van der Waals surface area contributed by atoms with Crippen LogP contribution in [-0.2, 0) is 37.7 Å². The van der Waals surface area contributed by atoms with Crippen LogP contribution in [0.1, 0.15) is 80.1 Å². The molecule has 44 heavy (non-hydrogen) atoms. The van der Waals surface area contributed by atoms with Crippen LogP contribution in [0.5, 0.6) is 0 Å². The number of hydrogen-bond donors (Lipinski definition) is 2. The predicted molar refractivity (Wildman–Crippen MR) is 160 cm³/mol. The van der Waals surface area contributed by atoms with Crippen LogP contribution in [0, 0.1) is 57.2 Å². The van der Waals surface area contributed by atoms with Gasteiger partial charge in [0.05, 0.1) is 6.61 Å². The Bertz CT molecular complexity index is 1340. The van der Waals surface area contributed by atoms with E-state index in [0.717, 1.165) is 32.1 Å². The molecule has 5 aliphatic rings. The highest BCUT2D eigenvalue weighted by Gasteiger charge is 2.81. The Kier molecular flexibility index (Phi) is 8.31. The Hall–Kier alpha value is -2.13. The Morgan fingerprint density at radius 1 is 1.18 bits per heavy atom. The summed E-state index contributed by atoms with van der Waals surface area (Å²) >= 11 is 0. The van der Waals surface area contributed by atoms with E-state index in [9.17, 15) is 23.7 Å². The number of ether oxygens (including phenoxy) is 2. The molecule has 244 valence electrons. The maximum absolute atomic E-state index is 13.8. The standard InChI is InChI=1S/C33H47O10P/c1-18(15-42-44(38,39)40)19(2)28(37)29(41-17-34)21(4)27-25(43-22(5)35)14-31(7)26-9-8-23-20(3)24(36)10-11-32(23)16-33(26,32)13-12-30(27,31)6/h10-11,17-18,20-21,23,25-27,29H,2,8-9,12-16H2,1,3-7H3,(H2,38,39,40)/t18?,20-,21?,23?,25?,26?,27?,29?,30?,31-,32?,33?/m0/s1. The van der Waals surface area contributed by atoms with Gasteiger partial charge in [0.2, 0.25) is 0 Å². The Morgan fingerprint density at radius 3 is 2.48 bits per heavy atom. The molecule has 10 unspecified atom stereocenters. The normalized spacial score (nSPS) is 42.5. The van der Waals surface area contributed by atoms with Crippen molar-refractivity contribution in [1.82, 2.24) is 0 Å². The number of allylic oxidation sites excluding steroid dienone is 2. The first-order valence-electron chi connectivity index (χ1n) is 15.8. The zero-order valence-corrected chi connectivity index (χ0v) is 27.5. The van der Waals surface area contributed by atoms with Gasteiger partial charge in [0.15, 0.2) is 17.7 Å². The quantitative estimate of drug-likeness (QED) is 0.138. The van der Waals surface area contributed by atoms with Crippen LogP contribution in [-0.4, -0.2) is 52.6 Å². The molecule has 0 bridgehead atoms. The lowest BCUT2D eigenvalue weighted by atomic mass is 9.43. The second-order valence-corrected chi connectivity index (χ2v) is 16.2. The SMILES string of the molecule is C=C(C(=O)C(OC=O)C(C)C1C(OC(C)=O)C[C@@]2(C)C3CCC4[C@H](C)C(=O)C=CC45CC35CCC12C)C(C)COP(=O)(O)O. The van der Waals surface area contributed by atoms with Gasteiger partial charge in [-0.2, -0.15) is 0 Å². The van der Waals surface area contributed by atoms with Crippen molar-refractivity contribution in [1.29, 1.82) is 0 Å². The van der Waals surface area contributed by atoms with Crippen LogP contribution in [0.2, 0.25) is 0 Å². The first kappa shape index (κ1) is 33.2. The van der Waals surface area contributed by atoms with Crippen LogP contribution < -0.4 is 0 Å². The highest BCUT2D eigenvalue weighted by Crippen LogP contribution is 2.87. The van der Waals surface area contributed by atoms with E-state index in [1.165, 1.54) is 6.92 Å². The molecule has 4 fully saturated rings. The molecule has 0 amide bonds. The molecular formula is C33H47O10P. The first-order chi connectivity index (χ1) is 20.4. The van der Waals surface area contributed by atoms with E-state index in [1.807, 2.05) is 6.92 Å². The van der Waals surface area contributed by atoms with Gasteiger partial charge in [0.25, 0.3) is 6.47 Å². The lowest BCUT2D eigenvalue weighted by molar-refractivity contribution is -0.161. The number of esters is 1. The average Bonchev–Trinajstić information content (AvgIpc) is 3.55. The van der Waals surface area contributed by atoms with Crippen molar-refractivity contribution in [2.75, 3.05) is 6.61 Å². The van der Waals surface area contributed by atoms with Gasteiger partial charge < -0.3 is 19.3 Å². The minimum Gasteiger partial charge on any atom is -0.462 e. The van der Waals surface area contributed by atoms with E-state index in [4.69, 9.17) is 19.3 Å². The maximum atomic E-state index is 13.8. The van der Waals surface area contributed by atoms with Crippen LogP contribution >= 0.6 is 7.82 Å². The minimum absolute atomic E-state index is 0.0152. The minimum atomic E-state index is -4.76. The van der Waals surface area contributed by atoms with E-state index in [-0.39, 0.29) is 51.3 Å². The zero-order valence-electron chi connectivity index (χ0n) is 26.6. The van der Waals surface area contributed by atoms with Crippen LogP contribution in [0.25, 0.3) is 0 Å². The third-order valence-electron chi connectivity index (χ3n) is 13.3. The van der Waals surface area contributed by atoms with Gasteiger partial charge in [0, 0.05) is 30.6 Å². The van der Waals surface area contributed by atoms with Crippen molar-refractivity contribution < 1.29 is 47.5 Å². The number of hydrogen-bond acceptors (Lipinski definition) is 8. The summed E-state index contributed by atoms with van der Waals surface area (Å²) in [4.78, 5) is 68.8. The fourth-order valence-corrected chi connectivity index (χ4v) is 11.5. The Labute approximate surface area is 259 Å². The summed E-state index contributed by atoms with van der Waals surface area (Å²) in [5, 5.41) is 0. The molecule has 0 aromatic heterocycles. The molecule has 0 heterocycles. The second-order valence-electron chi connectivity index (χ2n) is 14.9. The van der Waals surface area contributed by atoms with Gasteiger partial charge in [-0.1, -0.05) is 47.3 Å². The van der Waals surface area contributed by atoms with Gasteiger partial charge in [0.1, 0.15) is 6.10 Å². The number of Topliss-reactive ketones (excluding diaryl/α,β-unsaturated/α-hetero) is 1.